The maximum Gasteiger partial charge on any atom is 0.229 e. The molecule has 0 atom stereocenters. The number of hydrogen-bond donors (Lipinski definition) is 3. The monoisotopic (exact) mass is 347 g/mol. The minimum Gasteiger partial charge on any atom is -0.398 e. The van der Waals surface area contributed by atoms with Gasteiger partial charge in [0.1, 0.15) is 10.8 Å². The molecule has 0 aliphatic carbocycles. The highest BCUT2D eigenvalue weighted by molar-refractivity contribution is 6.32. The average molecular weight is 348 g/mol. The van der Waals surface area contributed by atoms with Crippen molar-refractivity contribution in [3.8, 4) is 0 Å². The fourth-order valence-electron chi connectivity index (χ4n) is 2.10. The highest BCUT2D eigenvalue weighted by atomic mass is 35.5. The minimum atomic E-state index is -0.388. The molecule has 0 radical (unpaired) electrons. The molecule has 1 aromatic carbocycles. The number of nitrogens with two attached hydrogens (primary N) is 1. The van der Waals surface area contributed by atoms with Crippen LogP contribution in [0.25, 0.3) is 0 Å². The van der Waals surface area contributed by atoms with Crippen LogP contribution >= 0.6 is 11.6 Å². The molecule has 0 fully saturated rings. The molecule has 0 bridgehead atoms. The van der Waals surface area contributed by atoms with E-state index in [2.05, 4.69) is 25.7 Å². The van der Waals surface area contributed by atoms with E-state index >= 15 is 0 Å². The van der Waals surface area contributed by atoms with Gasteiger partial charge >= 0.3 is 0 Å². The molecule has 0 saturated heterocycles. The van der Waals surface area contributed by atoms with Crippen molar-refractivity contribution in [1.29, 1.82) is 0 Å². The van der Waals surface area contributed by atoms with Crippen LogP contribution in [0.5, 0.6) is 0 Å². The third-order valence-electron chi connectivity index (χ3n) is 3.29. The summed E-state index contributed by atoms with van der Waals surface area (Å²) in [6.07, 6.45) is 4.89. The summed E-state index contributed by atoms with van der Waals surface area (Å²) < 4.78 is 15.5. The van der Waals surface area contributed by atoms with Gasteiger partial charge in [-0.1, -0.05) is 17.7 Å². The quantitative estimate of drug-likeness (QED) is 0.614. The van der Waals surface area contributed by atoms with E-state index in [-0.39, 0.29) is 12.4 Å². The van der Waals surface area contributed by atoms with Gasteiger partial charge in [0.15, 0.2) is 5.82 Å². The third-order valence-corrected chi connectivity index (χ3v) is 3.57. The van der Waals surface area contributed by atoms with Crippen LogP contribution in [0.4, 0.5) is 27.5 Å². The van der Waals surface area contributed by atoms with Crippen LogP contribution < -0.4 is 16.4 Å². The predicted octanol–water partition coefficient (Wildman–Crippen LogP) is 2.94. The fraction of sp³-hybridized carbons (Fsp3) is 0.133. The first-order chi connectivity index (χ1) is 11.5. The number of benzene rings is 1. The van der Waals surface area contributed by atoms with Crippen LogP contribution in [-0.2, 0) is 13.6 Å². The summed E-state index contributed by atoms with van der Waals surface area (Å²) in [6, 6.07) is 4.54. The van der Waals surface area contributed by atoms with Crippen molar-refractivity contribution < 1.29 is 4.39 Å². The van der Waals surface area contributed by atoms with E-state index in [1.54, 1.807) is 36.3 Å². The largest absolute Gasteiger partial charge is 0.398 e. The predicted molar refractivity (Wildman–Crippen MR) is 91.7 cm³/mol. The van der Waals surface area contributed by atoms with Crippen LogP contribution in [0.2, 0.25) is 5.02 Å². The van der Waals surface area contributed by atoms with E-state index < -0.39 is 0 Å². The molecule has 4 N–H and O–H groups in total. The van der Waals surface area contributed by atoms with Gasteiger partial charge < -0.3 is 16.4 Å². The van der Waals surface area contributed by atoms with Gasteiger partial charge in [-0.15, -0.1) is 0 Å². The summed E-state index contributed by atoms with van der Waals surface area (Å²) in [5, 5.41) is 10.4. The van der Waals surface area contributed by atoms with Gasteiger partial charge in [-0.3, -0.25) is 4.68 Å². The molecule has 7 nitrogen and oxygen atoms in total. The van der Waals surface area contributed by atoms with Gasteiger partial charge in [0, 0.05) is 31.0 Å². The van der Waals surface area contributed by atoms with E-state index in [9.17, 15) is 4.39 Å². The number of nitrogens with zero attached hydrogens (tertiary/aromatic N) is 4. The van der Waals surface area contributed by atoms with Crippen LogP contribution in [0.1, 0.15) is 5.56 Å². The van der Waals surface area contributed by atoms with Gasteiger partial charge in [-0.2, -0.15) is 10.1 Å². The molecule has 0 aliphatic heterocycles. The average Bonchev–Trinajstić information content (AvgIpc) is 2.95. The van der Waals surface area contributed by atoms with Crippen LogP contribution in [-0.4, -0.2) is 19.7 Å². The van der Waals surface area contributed by atoms with Crippen molar-refractivity contribution in [3.05, 3.63) is 53.2 Å². The summed E-state index contributed by atoms with van der Waals surface area (Å²) in [7, 11) is 1.81. The first kappa shape index (κ1) is 16.0. The molecule has 24 heavy (non-hydrogen) atoms. The third kappa shape index (κ3) is 3.54. The van der Waals surface area contributed by atoms with Gasteiger partial charge in [-0.05, 0) is 12.1 Å². The van der Waals surface area contributed by atoms with Gasteiger partial charge in [-0.25, -0.2) is 9.37 Å². The Morgan fingerprint density at radius 2 is 2.17 bits per heavy atom. The molecule has 124 valence electrons. The van der Waals surface area contributed by atoms with Crippen molar-refractivity contribution >= 4 is 34.7 Å². The summed E-state index contributed by atoms with van der Waals surface area (Å²) >= 11 is 6.09. The molecule has 9 heteroatoms. The maximum atomic E-state index is 13.8. The fourth-order valence-corrected chi connectivity index (χ4v) is 2.26. The van der Waals surface area contributed by atoms with E-state index in [0.29, 0.717) is 28.0 Å². The number of rotatable bonds is 5. The smallest absolute Gasteiger partial charge is 0.229 e. The van der Waals surface area contributed by atoms with Crippen molar-refractivity contribution in [1.82, 2.24) is 19.7 Å². The Hall–Kier alpha value is -2.87. The Kier molecular flexibility index (Phi) is 4.48. The number of nitrogens with one attached hydrogen (secondary N) is 2. The zero-order valence-corrected chi connectivity index (χ0v) is 13.5. The van der Waals surface area contributed by atoms with Gasteiger partial charge in [0.05, 0.1) is 18.1 Å². The second-order valence-corrected chi connectivity index (χ2v) is 5.49. The lowest BCUT2D eigenvalue weighted by molar-refractivity contribution is 0.614. The lowest BCUT2D eigenvalue weighted by Gasteiger charge is -2.11. The van der Waals surface area contributed by atoms with Crippen LogP contribution in [0.15, 0.2) is 36.8 Å². The molecule has 0 amide bonds. The lowest BCUT2D eigenvalue weighted by atomic mass is 10.1. The van der Waals surface area contributed by atoms with Crippen molar-refractivity contribution in [2.75, 3.05) is 16.4 Å². The van der Waals surface area contributed by atoms with Crippen molar-refractivity contribution in [3.63, 3.8) is 0 Å². The van der Waals surface area contributed by atoms with E-state index in [1.807, 2.05) is 0 Å². The molecule has 0 unspecified atom stereocenters. The molecule has 2 aromatic heterocycles. The molecule has 0 spiro atoms. The topological polar surface area (TPSA) is 93.7 Å². The van der Waals surface area contributed by atoms with Crippen LogP contribution in [0.3, 0.4) is 0 Å². The molecular formula is C15H15ClFN7. The minimum absolute atomic E-state index is 0.154. The molecule has 0 aliphatic rings. The van der Waals surface area contributed by atoms with Crippen molar-refractivity contribution in [2.45, 2.75) is 6.54 Å². The number of halogens is 2. The number of aromatic nitrogens is 4. The summed E-state index contributed by atoms with van der Waals surface area (Å²) in [6.45, 7) is 0.154. The highest BCUT2D eigenvalue weighted by Crippen LogP contribution is 2.23. The Bertz CT molecular complexity index is 845. The number of nitrogen functional groups attached to an aromatic ring is 1. The highest BCUT2D eigenvalue weighted by Gasteiger charge is 2.10. The number of hydrogen-bond acceptors (Lipinski definition) is 6. The Morgan fingerprint density at radius 3 is 2.88 bits per heavy atom. The second-order valence-electron chi connectivity index (χ2n) is 5.08. The number of aryl methyl sites for hydroxylation is 1. The zero-order chi connectivity index (χ0) is 17.1. The van der Waals surface area contributed by atoms with E-state index in [4.69, 9.17) is 17.3 Å². The first-order valence-corrected chi connectivity index (χ1v) is 7.45. The standard InChI is InChI=1S/C15H15ClFN7/c1-24-8-9(5-21-24)22-15-20-7-11(16)14(23-15)19-6-10-12(17)3-2-4-13(10)18/h2-5,7-8H,6,18H2,1H3,(H2,19,20,22,23). The van der Waals surface area contributed by atoms with Gasteiger partial charge in [0.25, 0.3) is 0 Å². The van der Waals surface area contributed by atoms with Crippen molar-refractivity contribution in [2.24, 2.45) is 7.05 Å². The normalized spacial score (nSPS) is 10.6. The zero-order valence-electron chi connectivity index (χ0n) is 12.8. The van der Waals surface area contributed by atoms with E-state index in [0.717, 1.165) is 5.69 Å². The number of anilines is 4. The lowest BCUT2D eigenvalue weighted by Crippen LogP contribution is -2.08. The summed E-state index contributed by atoms with van der Waals surface area (Å²) in [5.74, 6) is 0.332. The molecular weight excluding hydrogens is 333 g/mol. The second kappa shape index (κ2) is 6.71. The molecule has 0 saturated carbocycles. The molecule has 3 aromatic rings. The summed E-state index contributed by atoms with van der Waals surface area (Å²) in [5.41, 5.74) is 7.25. The van der Waals surface area contributed by atoms with Crippen LogP contribution in [0, 0.1) is 5.82 Å². The summed E-state index contributed by atoms with van der Waals surface area (Å²) in [4.78, 5) is 8.39. The molecule has 2 heterocycles. The maximum absolute atomic E-state index is 13.8. The van der Waals surface area contributed by atoms with E-state index in [1.165, 1.54) is 12.3 Å². The Labute approximate surface area is 142 Å². The Morgan fingerprint density at radius 1 is 1.33 bits per heavy atom. The SMILES string of the molecule is Cn1cc(Nc2ncc(Cl)c(NCc3c(N)cccc3F)n2)cn1. The Balaban J connectivity index is 1.76. The molecule has 3 rings (SSSR count). The first-order valence-electron chi connectivity index (χ1n) is 7.08. The van der Waals surface area contributed by atoms with Gasteiger partial charge in [0.2, 0.25) is 5.95 Å².